The molecule has 0 aliphatic carbocycles. The van der Waals surface area contributed by atoms with Gasteiger partial charge in [-0.15, -0.1) is 11.3 Å². The van der Waals surface area contributed by atoms with Gasteiger partial charge in [-0.05, 0) is 43.5 Å². The molecule has 0 saturated carbocycles. The van der Waals surface area contributed by atoms with Crippen LogP contribution in [0.3, 0.4) is 0 Å². The van der Waals surface area contributed by atoms with Gasteiger partial charge in [0.15, 0.2) is 0 Å². The number of nitrogens with zero attached hydrogens (tertiary/aromatic N) is 1. The third-order valence-corrected chi connectivity index (χ3v) is 4.51. The van der Waals surface area contributed by atoms with E-state index < -0.39 is 6.10 Å². The van der Waals surface area contributed by atoms with Crippen LogP contribution in [0.1, 0.15) is 26.0 Å². The fraction of sp³-hybridized carbons (Fsp3) is 0.412. The molecule has 0 bridgehead atoms. The first-order valence-corrected chi connectivity index (χ1v) is 8.59. The number of aryl methyl sites for hydroxylation is 1. The van der Waals surface area contributed by atoms with Crippen molar-refractivity contribution in [2.75, 3.05) is 11.9 Å². The lowest BCUT2D eigenvalue weighted by Crippen LogP contribution is -2.32. The van der Waals surface area contributed by atoms with Crippen molar-refractivity contribution in [1.29, 1.82) is 0 Å². The predicted molar refractivity (Wildman–Crippen MR) is 94.8 cm³/mol. The van der Waals surface area contributed by atoms with Crippen LogP contribution in [0.25, 0.3) is 10.6 Å². The molecule has 2 amide bonds. The maximum atomic E-state index is 11.8. The molecule has 124 valence electrons. The minimum absolute atomic E-state index is 0.196. The zero-order chi connectivity index (χ0) is 16.8. The Morgan fingerprint density at radius 2 is 2.00 bits per heavy atom. The predicted octanol–water partition coefficient (Wildman–Crippen LogP) is 3.65. The van der Waals surface area contributed by atoms with E-state index in [1.54, 1.807) is 11.3 Å². The summed E-state index contributed by atoms with van der Waals surface area (Å²) in [4.78, 5) is 16.2. The zero-order valence-corrected chi connectivity index (χ0v) is 14.5. The second-order valence-electron chi connectivity index (χ2n) is 5.85. The molecule has 2 rings (SSSR count). The maximum absolute atomic E-state index is 11.8. The van der Waals surface area contributed by atoms with Crippen molar-refractivity contribution in [2.24, 2.45) is 5.92 Å². The second kappa shape index (κ2) is 8.08. The Bertz CT molecular complexity index is 638. The van der Waals surface area contributed by atoms with Gasteiger partial charge in [0, 0.05) is 28.9 Å². The number of benzene rings is 1. The summed E-state index contributed by atoms with van der Waals surface area (Å²) >= 11 is 1.60. The number of aliphatic hydroxyl groups excluding tert-OH is 1. The van der Waals surface area contributed by atoms with Crippen LogP contribution in [-0.4, -0.2) is 28.8 Å². The molecule has 0 fully saturated rings. The van der Waals surface area contributed by atoms with Crippen molar-refractivity contribution >= 4 is 23.1 Å². The number of urea groups is 1. The lowest BCUT2D eigenvalue weighted by Gasteiger charge is -2.14. The van der Waals surface area contributed by atoms with E-state index in [2.05, 4.69) is 15.6 Å². The van der Waals surface area contributed by atoms with Crippen LogP contribution in [0.2, 0.25) is 0 Å². The number of carbonyl (C=O) groups is 1. The second-order valence-corrected chi connectivity index (χ2v) is 6.71. The SMILES string of the molecule is Cc1csc(-c2ccc(NC(=O)NCCC(O)C(C)C)cc2)n1. The van der Waals surface area contributed by atoms with Crippen LogP contribution in [0, 0.1) is 12.8 Å². The molecule has 6 heteroatoms. The van der Waals surface area contributed by atoms with Crippen molar-refractivity contribution in [3.8, 4) is 10.6 Å². The first-order valence-electron chi connectivity index (χ1n) is 7.71. The number of hydrogen-bond acceptors (Lipinski definition) is 4. The molecule has 0 spiro atoms. The number of aliphatic hydroxyl groups is 1. The Balaban J connectivity index is 1.82. The molecule has 1 aromatic heterocycles. The Morgan fingerprint density at radius 3 is 2.57 bits per heavy atom. The number of rotatable bonds is 6. The van der Waals surface area contributed by atoms with E-state index in [-0.39, 0.29) is 11.9 Å². The quantitative estimate of drug-likeness (QED) is 0.755. The molecule has 0 aliphatic rings. The molecule has 2 aromatic rings. The summed E-state index contributed by atoms with van der Waals surface area (Å²) in [5.74, 6) is 0.196. The van der Waals surface area contributed by atoms with Crippen LogP contribution < -0.4 is 10.6 Å². The molecule has 0 radical (unpaired) electrons. The fourth-order valence-corrected chi connectivity index (χ4v) is 2.83. The monoisotopic (exact) mass is 333 g/mol. The minimum atomic E-state index is -0.392. The topological polar surface area (TPSA) is 74.2 Å². The van der Waals surface area contributed by atoms with Gasteiger partial charge in [-0.3, -0.25) is 0 Å². The summed E-state index contributed by atoms with van der Waals surface area (Å²) in [6.07, 6.45) is 0.157. The molecular weight excluding hydrogens is 310 g/mol. The standard InChI is InChI=1S/C17H23N3O2S/c1-11(2)15(21)8-9-18-17(22)20-14-6-4-13(5-7-14)16-19-12(3)10-23-16/h4-7,10-11,15,21H,8-9H2,1-3H3,(H2,18,20,22). The molecular formula is C17H23N3O2S. The van der Waals surface area contributed by atoms with Crippen LogP contribution in [0.15, 0.2) is 29.6 Å². The van der Waals surface area contributed by atoms with E-state index in [4.69, 9.17) is 0 Å². The lowest BCUT2D eigenvalue weighted by atomic mass is 10.0. The highest BCUT2D eigenvalue weighted by molar-refractivity contribution is 7.13. The zero-order valence-electron chi connectivity index (χ0n) is 13.7. The molecule has 1 unspecified atom stereocenters. The van der Waals surface area contributed by atoms with E-state index in [9.17, 15) is 9.90 Å². The van der Waals surface area contributed by atoms with Crippen molar-refractivity contribution in [1.82, 2.24) is 10.3 Å². The number of hydrogen-bond donors (Lipinski definition) is 3. The summed E-state index contributed by atoms with van der Waals surface area (Å²) in [6, 6.07) is 7.33. The highest BCUT2D eigenvalue weighted by Gasteiger charge is 2.09. The highest BCUT2D eigenvalue weighted by Crippen LogP contribution is 2.24. The third-order valence-electron chi connectivity index (χ3n) is 3.50. The van der Waals surface area contributed by atoms with Gasteiger partial charge in [0.25, 0.3) is 0 Å². The average molecular weight is 333 g/mol. The number of thiazole rings is 1. The molecule has 0 saturated heterocycles. The maximum Gasteiger partial charge on any atom is 0.319 e. The number of nitrogens with one attached hydrogen (secondary N) is 2. The van der Waals surface area contributed by atoms with Crippen LogP contribution in [-0.2, 0) is 0 Å². The van der Waals surface area contributed by atoms with E-state index in [0.29, 0.717) is 13.0 Å². The van der Waals surface area contributed by atoms with Gasteiger partial charge in [0.05, 0.1) is 6.10 Å². The summed E-state index contributed by atoms with van der Waals surface area (Å²) < 4.78 is 0. The van der Waals surface area contributed by atoms with E-state index >= 15 is 0 Å². The van der Waals surface area contributed by atoms with Gasteiger partial charge < -0.3 is 15.7 Å². The van der Waals surface area contributed by atoms with Gasteiger partial charge >= 0.3 is 6.03 Å². The number of carbonyl (C=O) groups excluding carboxylic acids is 1. The molecule has 1 aromatic carbocycles. The Labute approximate surface area is 140 Å². The third kappa shape index (κ3) is 5.33. The highest BCUT2D eigenvalue weighted by atomic mass is 32.1. The molecule has 1 heterocycles. The van der Waals surface area contributed by atoms with Crippen molar-refractivity contribution < 1.29 is 9.90 Å². The largest absolute Gasteiger partial charge is 0.393 e. The molecule has 3 N–H and O–H groups in total. The van der Waals surface area contributed by atoms with Gasteiger partial charge in [-0.2, -0.15) is 0 Å². The van der Waals surface area contributed by atoms with Gasteiger partial charge in [-0.1, -0.05) is 13.8 Å². The van der Waals surface area contributed by atoms with Gasteiger partial charge in [0.1, 0.15) is 5.01 Å². The lowest BCUT2D eigenvalue weighted by molar-refractivity contribution is 0.117. The first-order chi connectivity index (χ1) is 11.0. The van der Waals surface area contributed by atoms with Crippen LogP contribution in [0.4, 0.5) is 10.5 Å². The van der Waals surface area contributed by atoms with Crippen molar-refractivity contribution in [3.63, 3.8) is 0 Å². The number of anilines is 1. The van der Waals surface area contributed by atoms with Crippen LogP contribution in [0.5, 0.6) is 0 Å². The summed E-state index contributed by atoms with van der Waals surface area (Å²) in [5, 5.41) is 18.2. The van der Waals surface area contributed by atoms with Crippen LogP contribution >= 0.6 is 11.3 Å². The summed E-state index contributed by atoms with van der Waals surface area (Å²) in [5.41, 5.74) is 2.77. The summed E-state index contributed by atoms with van der Waals surface area (Å²) in [6.45, 7) is 6.32. The fourth-order valence-electron chi connectivity index (χ4n) is 2.02. The minimum Gasteiger partial charge on any atom is -0.393 e. The molecule has 0 aliphatic heterocycles. The number of aromatic nitrogens is 1. The molecule has 23 heavy (non-hydrogen) atoms. The van der Waals surface area contributed by atoms with Gasteiger partial charge in [-0.25, -0.2) is 9.78 Å². The average Bonchev–Trinajstić information content (AvgIpc) is 2.94. The number of amides is 2. The van der Waals surface area contributed by atoms with Gasteiger partial charge in [0.2, 0.25) is 0 Å². The van der Waals surface area contributed by atoms with E-state index in [1.165, 1.54) is 0 Å². The Kier molecular flexibility index (Phi) is 6.12. The van der Waals surface area contributed by atoms with Crippen molar-refractivity contribution in [3.05, 3.63) is 35.3 Å². The molecule has 1 atom stereocenters. The Hall–Kier alpha value is -1.92. The summed E-state index contributed by atoms with van der Waals surface area (Å²) in [7, 11) is 0. The smallest absolute Gasteiger partial charge is 0.319 e. The van der Waals surface area contributed by atoms with Crippen molar-refractivity contribution in [2.45, 2.75) is 33.3 Å². The van der Waals surface area contributed by atoms with E-state index in [0.717, 1.165) is 22.0 Å². The van der Waals surface area contributed by atoms with E-state index in [1.807, 2.05) is 50.4 Å². The normalized spacial score (nSPS) is 12.2. The molecule has 5 nitrogen and oxygen atoms in total. The Morgan fingerprint density at radius 1 is 1.30 bits per heavy atom. The first kappa shape index (κ1) is 17.4.